The van der Waals surface area contributed by atoms with Gasteiger partial charge in [-0.3, -0.25) is 0 Å². The number of allylic oxidation sites excluding steroid dienone is 6. The number of aromatic nitrogens is 4. The normalized spacial score (nSPS) is 15.1. The minimum Gasteiger partial charge on any atom is -0.357 e. The summed E-state index contributed by atoms with van der Waals surface area (Å²) >= 11 is 6.31. The summed E-state index contributed by atoms with van der Waals surface area (Å²) in [5, 5.41) is 31.2. The molecule has 0 bridgehead atoms. The summed E-state index contributed by atoms with van der Waals surface area (Å²) in [5.41, 5.74) is 2.03. The monoisotopic (exact) mass is 515 g/mol. The molecular weight excluding hydrogens is 495 g/mol. The van der Waals surface area contributed by atoms with E-state index in [0.717, 1.165) is 6.21 Å². The Morgan fingerprint density at radius 3 is 2.47 bits per heavy atom. The molecule has 0 saturated heterocycles. The molecule has 0 unspecified atom stereocenters. The van der Waals surface area contributed by atoms with Crippen molar-refractivity contribution in [2.45, 2.75) is 20.0 Å². The van der Waals surface area contributed by atoms with Gasteiger partial charge in [0.1, 0.15) is 5.70 Å². The number of halogens is 4. The SMILES string of the molecule is C=C=C(Nc1cc(Cl)c(-n2nccn2)nc1C)/C(C=N)=C(/NC1=CC=C(C)N/C1=C\C=N)C(F)(F)F. The van der Waals surface area contributed by atoms with Gasteiger partial charge in [0.15, 0.2) is 5.82 Å². The molecule has 3 rings (SSSR count). The maximum Gasteiger partial charge on any atom is 0.431 e. The third-order valence-corrected chi connectivity index (χ3v) is 5.07. The summed E-state index contributed by atoms with van der Waals surface area (Å²) in [4.78, 5) is 5.54. The van der Waals surface area contributed by atoms with Crippen LogP contribution in [0.2, 0.25) is 5.02 Å². The van der Waals surface area contributed by atoms with E-state index < -0.39 is 17.4 Å². The van der Waals surface area contributed by atoms with E-state index in [1.54, 1.807) is 19.9 Å². The van der Waals surface area contributed by atoms with Gasteiger partial charge in [0, 0.05) is 18.1 Å². The van der Waals surface area contributed by atoms with Crippen LogP contribution < -0.4 is 16.0 Å². The molecule has 1 aliphatic rings. The van der Waals surface area contributed by atoms with Crippen LogP contribution in [0.5, 0.6) is 0 Å². The molecule has 1 aliphatic heterocycles. The minimum atomic E-state index is -4.88. The number of rotatable bonds is 8. The highest BCUT2D eigenvalue weighted by Gasteiger charge is 2.38. The number of hydrogen-bond acceptors (Lipinski definition) is 8. The number of aryl methyl sites for hydroxylation is 1. The van der Waals surface area contributed by atoms with Crippen LogP contribution in [0, 0.1) is 17.7 Å². The van der Waals surface area contributed by atoms with Gasteiger partial charge in [0.25, 0.3) is 0 Å². The van der Waals surface area contributed by atoms with Crippen LogP contribution in [0.4, 0.5) is 18.9 Å². The zero-order valence-corrected chi connectivity index (χ0v) is 19.9. The number of nitrogens with one attached hydrogen (secondary N) is 5. The van der Waals surface area contributed by atoms with E-state index in [-0.39, 0.29) is 33.6 Å². The maximum absolute atomic E-state index is 14.2. The van der Waals surface area contributed by atoms with E-state index in [4.69, 9.17) is 22.4 Å². The van der Waals surface area contributed by atoms with Gasteiger partial charge in [-0.05, 0) is 38.1 Å². The first-order valence-electron chi connectivity index (χ1n) is 10.3. The van der Waals surface area contributed by atoms with E-state index in [9.17, 15) is 13.2 Å². The van der Waals surface area contributed by atoms with E-state index in [1.165, 1.54) is 35.4 Å². The number of pyridine rings is 1. The summed E-state index contributed by atoms with van der Waals surface area (Å²) in [5.74, 6) is 0.236. The van der Waals surface area contributed by atoms with Crippen molar-refractivity contribution < 1.29 is 13.2 Å². The molecule has 36 heavy (non-hydrogen) atoms. The second-order valence-corrected chi connectivity index (χ2v) is 7.69. The van der Waals surface area contributed by atoms with E-state index in [1.807, 2.05) is 0 Å². The lowest BCUT2D eigenvalue weighted by atomic mass is 10.1. The molecule has 0 aliphatic carbocycles. The fourth-order valence-corrected chi connectivity index (χ4v) is 3.37. The van der Waals surface area contributed by atoms with Crippen molar-refractivity contribution in [1.29, 1.82) is 10.8 Å². The first-order chi connectivity index (χ1) is 17.1. The third kappa shape index (κ3) is 5.80. The highest BCUT2D eigenvalue weighted by atomic mass is 35.5. The van der Waals surface area contributed by atoms with Gasteiger partial charge in [0.2, 0.25) is 0 Å². The fourth-order valence-electron chi connectivity index (χ4n) is 3.14. The van der Waals surface area contributed by atoms with Crippen LogP contribution in [-0.2, 0) is 0 Å². The lowest BCUT2D eigenvalue weighted by Crippen LogP contribution is -2.33. The summed E-state index contributed by atoms with van der Waals surface area (Å²) in [6.45, 7) is 6.83. The Balaban J connectivity index is 2.05. The molecule has 2 aromatic rings. The average Bonchev–Trinajstić information content (AvgIpc) is 3.35. The second kappa shape index (κ2) is 10.9. The van der Waals surface area contributed by atoms with Gasteiger partial charge in [-0.1, -0.05) is 18.2 Å². The Labute approximate surface area is 209 Å². The molecule has 3 heterocycles. The van der Waals surface area contributed by atoms with Crippen LogP contribution in [0.3, 0.4) is 0 Å². The van der Waals surface area contributed by atoms with Crippen LogP contribution in [0.1, 0.15) is 12.6 Å². The molecule has 2 aromatic heterocycles. The maximum atomic E-state index is 14.2. The van der Waals surface area contributed by atoms with Gasteiger partial charge in [0.05, 0.1) is 51.5 Å². The lowest BCUT2D eigenvalue weighted by molar-refractivity contribution is -0.0961. The summed E-state index contributed by atoms with van der Waals surface area (Å²) in [6, 6.07) is 1.45. The zero-order valence-electron chi connectivity index (χ0n) is 19.1. The zero-order chi connectivity index (χ0) is 26.5. The molecule has 0 saturated carbocycles. The van der Waals surface area contributed by atoms with Crippen molar-refractivity contribution in [3.05, 3.63) is 93.8 Å². The van der Waals surface area contributed by atoms with Crippen LogP contribution in [0.25, 0.3) is 5.82 Å². The molecule has 0 fully saturated rings. The molecule has 0 radical (unpaired) electrons. The van der Waals surface area contributed by atoms with Crippen molar-refractivity contribution in [1.82, 2.24) is 30.6 Å². The first-order valence-corrected chi connectivity index (χ1v) is 10.6. The number of alkyl halides is 3. The summed E-state index contributed by atoms with van der Waals surface area (Å²) in [7, 11) is 0. The number of dihydropyridines is 1. The highest BCUT2D eigenvalue weighted by Crippen LogP contribution is 2.32. The Morgan fingerprint density at radius 2 is 1.89 bits per heavy atom. The Bertz CT molecular complexity index is 1360. The number of anilines is 1. The van der Waals surface area contributed by atoms with Crippen LogP contribution >= 0.6 is 11.6 Å². The quantitative estimate of drug-likeness (QED) is 0.197. The predicted octanol–water partition coefficient (Wildman–Crippen LogP) is 4.68. The fraction of sp³-hybridized carbons (Fsp3) is 0.130. The average molecular weight is 516 g/mol. The molecule has 0 amide bonds. The van der Waals surface area contributed by atoms with Gasteiger partial charge >= 0.3 is 6.18 Å². The summed E-state index contributed by atoms with van der Waals surface area (Å²) < 4.78 is 42.6. The van der Waals surface area contributed by atoms with Crippen molar-refractivity contribution in [3.63, 3.8) is 0 Å². The number of hydrogen-bond donors (Lipinski definition) is 5. The van der Waals surface area contributed by atoms with Gasteiger partial charge in [-0.15, -0.1) is 10.5 Å². The van der Waals surface area contributed by atoms with Crippen molar-refractivity contribution in [2.24, 2.45) is 0 Å². The predicted molar refractivity (Wildman–Crippen MR) is 132 cm³/mol. The largest absolute Gasteiger partial charge is 0.431 e. The van der Waals surface area contributed by atoms with Crippen molar-refractivity contribution in [2.75, 3.05) is 5.32 Å². The van der Waals surface area contributed by atoms with Crippen LogP contribution in [-0.4, -0.2) is 38.6 Å². The topological polar surface area (TPSA) is 127 Å². The van der Waals surface area contributed by atoms with Gasteiger partial charge < -0.3 is 26.8 Å². The third-order valence-electron chi connectivity index (χ3n) is 4.79. The standard InChI is InChI=1S/C23H21ClF3N9/c1-4-17(34-20-11-16(24)22(33-14(20)3)36-30-9-10-31-36)15(12-29)21(23(25,26)27)35-18-6-5-13(2)32-19(18)7-8-28/h5-12,28-29,32,34-35H,1H2,2-3H3/b19-7-,21-15+,28-8?,29-12?. The minimum absolute atomic E-state index is 0.0520. The molecule has 0 atom stereocenters. The number of nitrogens with zero attached hydrogens (tertiary/aromatic N) is 4. The van der Waals surface area contributed by atoms with E-state index >= 15 is 0 Å². The van der Waals surface area contributed by atoms with Crippen LogP contribution in [0.15, 0.2) is 83.1 Å². The van der Waals surface area contributed by atoms with E-state index in [2.05, 4.69) is 43.4 Å². The van der Waals surface area contributed by atoms with E-state index in [0.29, 0.717) is 17.6 Å². The molecular formula is C23H21ClF3N9. The second-order valence-electron chi connectivity index (χ2n) is 7.28. The Morgan fingerprint density at radius 1 is 1.19 bits per heavy atom. The molecule has 13 heteroatoms. The molecule has 5 N–H and O–H groups in total. The molecule has 9 nitrogen and oxygen atoms in total. The van der Waals surface area contributed by atoms with Gasteiger partial charge in [-0.2, -0.15) is 23.4 Å². The van der Waals surface area contributed by atoms with Gasteiger partial charge in [-0.25, -0.2) is 4.98 Å². The lowest BCUT2D eigenvalue weighted by Gasteiger charge is -2.24. The molecule has 186 valence electrons. The smallest absolute Gasteiger partial charge is 0.357 e. The molecule has 0 aromatic carbocycles. The first kappa shape index (κ1) is 26.2. The van der Waals surface area contributed by atoms with Crippen molar-refractivity contribution >= 4 is 29.7 Å². The summed E-state index contributed by atoms with van der Waals surface area (Å²) in [6.07, 6.45) is 3.83. The Kier molecular flexibility index (Phi) is 7.93. The Hall–Kier alpha value is -4.41. The molecule has 0 spiro atoms. The van der Waals surface area contributed by atoms with Crippen molar-refractivity contribution in [3.8, 4) is 5.82 Å². The highest BCUT2D eigenvalue weighted by molar-refractivity contribution is 6.32.